The molecular weight excluding hydrogens is 240 g/mol. The first-order valence-corrected chi connectivity index (χ1v) is 6.92. The Hall–Kier alpha value is -1.55. The maximum absolute atomic E-state index is 12.1. The molecule has 104 valence electrons. The predicted molar refractivity (Wildman–Crippen MR) is 74.9 cm³/mol. The normalized spacial score (nSPS) is 23.2. The number of nitrogens with zero attached hydrogens (tertiary/aromatic N) is 1. The number of para-hydroxylation sites is 1. The number of rotatable bonds is 4. The average molecular weight is 262 g/mol. The van der Waals surface area contributed by atoms with Crippen LogP contribution in [-0.4, -0.2) is 36.5 Å². The lowest BCUT2D eigenvalue weighted by Crippen LogP contribution is -2.50. The number of benzene rings is 1. The Morgan fingerprint density at radius 1 is 1.42 bits per heavy atom. The van der Waals surface area contributed by atoms with Crippen molar-refractivity contribution in [2.45, 2.75) is 25.8 Å². The van der Waals surface area contributed by atoms with Crippen molar-refractivity contribution in [1.82, 2.24) is 4.90 Å². The first kappa shape index (κ1) is 13.9. The second-order valence-electron chi connectivity index (χ2n) is 5.06. The van der Waals surface area contributed by atoms with E-state index in [1.54, 1.807) is 0 Å². The molecule has 1 aliphatic heterocycles. The first-order valence-electron chi connectivity index (χ1n) is 6.92. The third-order valence-electron chi connectivity index (χ3n) is 3.78. The number of carbonyl (C=O) groups is 1. The van der Waals surface area contributed by atoms with E-state index in [-0.39, 0.29) is 18.6 Å². The fraction of sp³-hybridized carbons (Fsp3) is 0.533. The van der Waals surface area contributed by atoms with E-state index < -0.39 is 0 Å². The highest BCUT2D eigenvalue weighted by atomic mass is 16.5. The molecule has 0 radical (unpaired) electrons. The molecule has 2 N–H and O–H groups in total. The zero-order valence-corrected chi connectivity index (χ0v) is 11.4. The van der Waals surface area contributed by atoms with E-state index in [0.29, 0.717) is 5.92 Å². The molecule has 1 saturated heterocycles. The summed E-state index contributed by atoms with van der Waals surface area (Å²) in [6.07, 6.45) is 1.90. The standard InChI is InChI=1S/C15H22N2O2/c1-2-12-10-17(9-8-14(12)16)15(18)11-19-13-6-4-3-5-7-13/h3-7,12,14H,2,8-11,16H2,1H3. The van der Waals surface area contributed by atoms with Crippen LogP contribution >= 0.6 is 0 Å². The maximum atomic E-state index is 12.1. The van der Waals surface area contributed by atoms with E-state index in [2.05, 4.69) is 6.92 Å². The molecule has 0 aliphatic carbocycles. The third kappa shape index (κ3) is 3.70. The molecule has 0 spiro atoms. The number of piperidine rings is 1. The summed E-state index contributed by atoms with van der Waals surface area (Å²) in [6, 6.07) is 9.65. The second-order valence-corrected chi connectivity index (χ2v) is 5.06. The van der Waals surface area contributed by atoms with Gasteiger partial charge in [-0.25, -0.2) is 0 Å². The van der Waals surface area contributed by atoms with Crippen molar-refractivity contribution in [3.05, 3.63) is 30.3 Å². The summed E-state index contributed by atoms with van der Waals surface area (Å²) in [5.74, 6) is 1.19. The van der Waals surface area contributed by atoms with Crippen LogP contribution in [0.25, 0.3) is 0 Å². The van der Waals surface area contributed by atoms with Crippen LogP contribution in [0.3, 0.4) is 0 Å². The van der Waals surface area contributed by atoms with Crippen LogP contribution in [0, 0.1) is 5.92 Å². The van der Waals surface area contributed by atoms with Gasteiger partial charge in [-0.3, -0.25) is 4.79 Å². The predicted octanol–water partition coefficient (Wildman–Crippen LogP) is 1.65. The van der Waals surface area contributed by atoms with Crippen LogP contribution in [0.15, 0.2) is 30.3 Å². The first-order chi connectivity index (χ1) is 9.20. The Kier molecular flexibility index (Phi) is 4.80. The SMILES string of the molecule is CCC1CN(C(=O)COc2ccccc2)CCC1N. The van der Waals surface area contributed by atoms with Gasteiger partial charge in [-0.15, -0.1) is 0 Å². The van der Waals surface area contributed by atoms with Crippen LogP contribution in [-0.2, 0) is 4.79 Å². The van der Waals surface area contributed by atoms with Crippen molar-refractivity contribution < 1.29 is 9.53 Å². The van der Waals surface area contributed by atoms with Gasteiger partial charge in [0.1, 0.15) is 5.75 Å². The maximum Gasteiger partial charge on any atom is 0.260 e. The fourth-order valence-electron chi connectivity index (χ4n) is 2.46. The Labute approximate surface area is 114 Å². The molecule has 4 nitrogen and oxygen atoms in total. The van der Waals surface area contributed by atoms with E-state index in [0.717, 1.165) is 31.7 Å². The molecule has 2 unspecified atom stereocenters. The Balaban J connectivity index is 1.83. The van der Waals surface area contributed by atoms with Gasteiger partial charge >= 0.3 is 0 Å². The van der Waals surface area contributed by atoms with Crippen molar-refractivity contribution in [2.75, 3.05) is 19.7 Å². The summed E-state index contributed by atoms with van der Waals surface area (Å²) in [5.41, 5.74) is 6.05. The van der Waals surface area contributed by atoms with Crippen LogP contribution < -0.4 is 10.5 Å². The number of nitrogens with two attached hydrogens (primary N) is 1. The molecular formula is C15H22N2O2. The minimum absolute atomic E-state index is 0.0502. The zero-order valence-electron chi connectivity index (χ0n) is 11.4. The summed E-state index contributed by atoms with van der Waals surface area (Å²) in [6.45, 7) is 3.73. The largest absolute Gasteiger partial charge is 0.484 e. The van der Waals surface area contributed by atoms with Gasteiger partial charge in [-0.05, 0) is 24.5 Å². The minimum atomic E-state index is 0.0502. The summed E-state index contributed by atoms with van der Waals surface area (Å²) >= 11 is 0. The highest BCUT2D eigenvalue weighted by molar-refractivity contribution is 5.77. The Bertz CT molecular complexity index is 408. The lowest BCUT2D eigenvalue weighted by atomic mass is 9.91. The summed E-state index contributed by atoms with van der Waals surface area (Å²) in [5, 5.41) is 0. The fourth-order valence-corrected chi connectivity index (χ4v) is 2.46. The van der Waals surface area contributed by atoms with Crippen molar-refractivity contribution in [3.63, 3.8) is 0 Å². The summed E-state index contributed by atoms with van der Waals surface area (Å²) in [4.78, 5) is 14.0. The number of likely N-dealkylation sites (tertiary alicyclic amines) is 1. The van der Waals surface area contributed by atoms with E-state index in [4.69, 9.17) is 10.5 Å². The molecule has 1 heterocycles. The quantitative estimate of drug-likeness (QED) is 0.897. The van der Waals surface area contributed by atoms with Gasteiger partial charge in [0.25, 0.3) is 5.91 Å². The second kappa shape index (κ2) is 6.57. The van der Waals surface area contributed by atoms with Crippen molar-refractivity contribution in [1.29, 1.82) is 0 Å². The number of ether oxygens (including phenoxy) is 1. The molecule has 2 rings (SSSR count). The minimum Gasteiger partial charge on any atom is -0.484 e. The molecule has 0 saturated carbocycles. The molecule has 1 aliphatic rings. The van der Waals surface area contributed by atoms with Crippen LogP contribution in [0.2, 0.25) is 0 Å². The van der Waals surface area contributed by atoms with Gasteiger partial charge in [0.05, 0.1) is 0 Å². The summed E-state index contributed by atoms with van der Waals surface area (Å²) in [7, 11) is 0. The van der Waals surface area contributed by atoms with Crippen molar-refractivity contribution >= 4 is 5.91 Å². The van der Waals surface area contributed by atoms with Gasteiger partial charge in [-0.1, -0.05) is 31.5 Å². The van der Waals surface area contributed by atoms with Crippen LogP contribution in [0.4, 0.5) is 0 Å². The third-order valence-corrected chi connectivity index (χ3v) is 3.78. The van der Waals surface area contributed by atoms with Gasteiger partial charge in [0, 0.05) is 19.1 Å². The smallest absolute Gasteiger partial charge is 0.260 e. The molecule has 1 fully saturated rings. The molecule has 1 aromatic rings. The molecule has 1 aromatic carbocycles. The Morgan fingerprint density at radius 3 is 2.84 bits per heavy atom. The van der Waals surface area contributed by atoms with Gasteiger partial charge < -0.3 is 15.4 Å². The van der Waals surface area contributed by atoms with Crippen LogP contribution in [0.1, 0.15) is 19.8 Å². The van der Waals surface area contributed by atoms with Gasteiger partial charge in [-0.2, -0.15) is 0 Å². The highest BCUT2D eigenvalue weighted by Gasteiger charge is 2.28. The average Bonchev–Trinajstić information content (AvgIpc) is 2.46. The number of hydrogen-bond donors (Lipinski definition) is 1. The highest BCUT2D eigenvalue weighted by Crippen LogP contribution is 2.18. The molecule has 1 amide bonds. The monoisotopic (exact) mass is 262 g/mol. The zero-order chi connectivity index (χ0) is 13.7. The number of hydrogen-bond acceptors (Lipinski definition) is 3. The molecule has 0 bridgehead atoms. The van der Waals surface area contributed by atoms with Crippen molar-refractivity contribution in [3.8, 4) is 5.75 Å². The molecule has 0 aromatic heterocycles. The molecule has 19 heavy (non-hydrogen) atoms. The Morgan fingerprint density at radius 2 is 2.16 bits per heavy atom. The lowest BCUT2D eigenvalue weighted by Gasteiger charge is -2.36. The van der Waals surface area contributed by atoms with E-state index >= 15 is 0 Å². The van der Waals surface area contributed by atoms with E-state index in [1.807, 2.05) is 35.2 Å². The summed E-state index contributed by atoms with van der Waals surface area (Å²) < 4.78 is 5.49. The number of amides is 1. The van der Waals surface area contributed by atoms with Gasteiger partial charge in [0.15, 0.2) is 6.61 Å². The number of carbonyl (C=O) groups excluding carboxylic acids is 1. The van der Waals surface area contributed by atoms with E-state index in [9.17, 15) is 4.79 Å². The van der Waals surface area contributed by atoms with E-state index in [1.165, 1.54) is 0 Å². The lowest BCUT2D eigenvalue weighted by molar-refractivity contribution is -0.135. The van der Waals surface area contributed by atoms with Crippen molar-refractivity contribution in [2.24, 2.45) is 11.7 Å². The van der Waals surface area contributed by atoms with Crippen LogP contribution in [0.5, 0.6) is 5.75 Å². The molecule has 4 heteroatoms. The topological polar surface area (TPSA) is 55.6 Å². The van der Waals surface area contributed by atoms with Gasteiger partial charge in [0.2, 0.25) is 0 Å². The molecule has 2 atom stereocenters.